The molecule has 2 aliphatic rings. The van der Waals surface area contributed by atoms with E-state index in [1.807, 2.05) is 24.3 Å². The molecule has 0 aromatic heterocycles. The van der Waals surface area contributed by atoms with E-state index in [4.69, 9.17) is 15.2 Å². The maximum absolute atomic E-state index is 5.99. The van der Waals surface area contributed by atoms with Crippen LogP contribution in [0.3, 0.4) is 0 Å². The number of hydrogen-bond donors (Lipinski definition) is 1. The van der Waals surface area contributed by atoms with Crippen LogP contribution < -0.4 is 15.2 Å². The smallest absolute Gasteiger partial charge is 0.161 e. The molecule has 104 valence electrons. The third-order valence-corrected chi connectivity index (χ3v) is 4.03. The first kappa shape index (κ1) is 12.8. The molecule has 1 aliphatic heterocycles. The summed E-state index contributed by atoms with van der Waals surface area (Å²) in [5, 5.41) is 0. The monoisotopic (exact) mass is 262 g/mol. The lowest BCUT2D eigenvalue weighted by atomic mass is 10.1. The van der Waals surface area contributed by atoms with E-state index in [0.29, 0.717) is 12.6 Å². The van der Waals surface area contributed by atoms with Crippen molar-refractivity contribution in [1.29, 1.82) is 0 Å². The highest BCUT2D eigenvalue weighted by molar-refractivity contribution is 5.40. The Morgan fingerprint density at radius 2 is 2.05 bits per heavy atom. The molecule has 1 saturated carbocycles. The van der Waals surface area contributed by atoms with Gasteiger partial charge in [0.1, 0.15) is 12.7 Å². The van der Waals surface area contributed by atoms with Gasteiger partial charge in [-0.1, -0.05) is 12.1 Å². The SMILES string of the molecule is CN(CC1COc2ccccc2O1)C(CN)C1CC1. The van der Waals surface area contributed by atoms with Crippen molar-refractivity contribution >= 4 is 0 Å². The number of likely N-dealkylation sites (N-methyl/N-ethyl adjacent to an activating group) is 1. The van der Waals surface area contributed by atoms with Gasteiger partial charge in [0.2, 0.25) is 0 Å². The molecule has 0 bridgehead atoms. The van der Waals surface area contributed by atoms with Gasteiger partial charge in [-0.2, -0.15) is 0 Å². The van der Waals surface area contributed by atoms with E-state index in [2.05, 4.69) is 11.9 Å². The fraction of sp³-hybridized carbons (Fsp3) is 0.600. The van der Waals surface area contributed by atoms with Gasteiger partial charge in [-0.3, -0.25) is 4.90 Å². The van der Waals surface area contributed by atoms with Gasteiger partial charge in [-0.05, 0) is 37.9 Å². The van der Waals surface area contributed by atoms with Crippen LogP contribution in [-0.4, -0.2) is 43.8 Å². The normalized spacial score (nSPS) is 23.4. The maximum Gasteiger partial charge on any atom is 0.161 e. The number of rotatable bonds is 5. The predicted molar refractivity (Wildman–Crippen MR) is 74.5 cm³/mol. The van der Waals surface area contributed by atoms with Gasteiger partial charge in [-0.15, -0.1) is 0 Å². The Kier molecular flexibility index (Phi) is 3.62. The fourth-order valence-corrected chi connectivity index (χ4v) is 2.82. The molecule has 1 heterocycles. The molecule has 2 N–H and O–H groups in total. The first-order valence-electron chi connectivity index (χ1n) is 7.06. The first-order chi connectivity index (χ1) is 9.28. The molecular formula is C15H22N2O2. The standard InChI is InChI=1S/C15H22N2O2/c1-17(13(8-16)11-6-7-11)9-12-10-18-14-4-2-3-5-15(14)19-12/h2-5,11-13H,6-10,16H2,1H3. The van der Waals surface area contributed by atoms with E-state index in [9.17, 15) is 0 Å². The summed E-state index contributed by atoms with van der Waals surface area (Å²) >= 11 is 0. The predicted octanol–water partition coefficient (Wildman–Crippen LogP) is 1.50. The third kappa shape index (κ3) is 2.85. The van der Waals surface area contributed by atoms with E-state index < -0.39 is 0 Å². The molecule has 4 nitrogen and oxygen atoms in total. The van der Waals surface area contributed by atoms with Crippen LogP contribution >= 0.6 is 0 Å². The quantitative estimate of drug-likeness (QED) is 0.873. The maximum atomic E-state index is 5.99. The molecule has 1 aromatic carbocycles. The summed E-state index contributed by atoms with van der Waals surface area (Å²) in [4.78, 5) is 2.33. The largest absolute Gasteiger partial charge is 0.486 e. The highest BCUT2D eigenvalue weighted by Crippen LogP contribution is 2.35. The molecule has 1 aliphatic carbocycles. The minimum Gasteiger partial charge on any atom is -0.486 e. The van der Waals surface area contributed by atoms with Crippen molar-refractivity contribution in [3.63, 3.8) is 0 Å². The zero-order valence-corrected chi connectivity index (χ0v) is 11.4. The summed E-state index contributed by atoms with van der Waals surface area (Å²) < 4.78 is 11.7. The average Bonchev–Trinajstić information content (AvgIpc) is 3.24. The molecule has 1 fully saturated rings. The Labute approximate surface area is 114 Å². The van der Waals surface area contributed by atoms with E-state index in [1.54, 1.807) is 0 Å². The van der Waals surface area contributed by atoms with Gasteiger partial charge < -0.3 is 15.2 Å². The lowest BCUT2D eigenvalue weighted by molar-refractivity contribution is 0.0524. The molecule has 19 heavy (non-hydrogen) atoms. The summed E-state index contributed by atoms with van der Waals surface area (Å²) in [6, 6.07) is 8.33. The van der Waals surface area contributed by atoms with Crippen LogP contribution in [0.4, 0.5) is 0 Å². The van der Waals surface area contributed by atoms with Gasteiger partial charge in [0.05, 0.1) is 0 Å². The Bertz CT molecular complexity index is 434. The average molecular weight is 262 g/mol. The lowest BCUT2D eigenvalue weighted by Gasteiger charge is -2.33. The number of fused-ring (bicyclic) bond motifs is 1. The highest BCUT2D eigenvalue weighted by Gasteiger charge is 2.34. The second-order valence-electron chi connectivity index (χ2n) is 5.58. The number of nitrogens with zero attached hydrogens (tertiary/aromatic N) is 1. The van der Waals surface area contributed by atoms with Crippen molar-refractivity contribution in [3.05, 3.63) is 24.3 Å². The van der Waals surface area contributed by atoms with Gasteiger partial charge in [0.15, 0.2) is 11.5 Å². The minimum absolute atomic E-state index is 0.0905. The van der Waals surface area contributed by atoms with Gasteiger partial charge in [0, 0.05) is 19.1 Å². The molecule has 0 radical (unpaired) electrons. The number of para-hydroxylation sites is 2. The summed E-state index contributed by atoms with van der Waals surface area (Å²) in [6.45, 7) is 2.21. The van der Waals surface area contributed by atoms with E-state index >= 15 is 0 Å². The van der Waals surface area contributed by atoms with Crippen LogP contribution in [0.15, 0.2) is 24.3 Å². The molecule has 0 spiro atoms. The highest BCUT2D eigenvalue weighted by atomic mass is 16.6. The number of benzene rings is 1. The summed E-state index contributed by atoms with van der Waals surface area (Å²) in [7, 11) is 2.14. The van der Waals surface area contributed by atoms with Crippen molar-refractivity contribution in [3.8, 4) is 11.5 Å². The van der Waals surface area contributed by atoms with Crippen molar-refractivity contribution < 1.29 is 9.47 Å². The number of hydrogen-bond acceptors (Lipinski definition) is 4. The zero-order valence-electron chi connectivity index (χ0n) is 11.4. The minimum atomic E-state index is 0.0905. The second-order valence-corrected chi connectivity index (χ2v) is 5.58. The molecular weight excluding hydrogens is 240 g/mol. The van der Waals surface area contributed by atoms with Crippen molar-refractivity contribution in [2.24, 2.45) is 11.7 Å². The summed E-state index contributed by atoms with van der Waals surface area (Å²) in [5.74, 6) is 2.48. The molecule has 0 saturated heterocycles. The third-order valence-electron chi connectivity index (χ3n) is 4.03. The summed E-state index contributed by atoms with van der Waals surface area (Å²) in [5.41, 5.74) is 5.88. The van der Waals surface area contributed by atoms with Crippen LogP contribution in [0.25, 0.3) is 0 Å². The Morgan fingerprint density at radius 3 is 2.74 bits per heavy atom. The number of nitrogens with two attached hydrogens (primary N) is 1. The molecule has 2 unspecified atom stereocenters. The van der Waals surface area contributed by atoms with Crippen LogP contribution in [0.2, 0.25) is 0 Å². The molecule has 3 rings (SSSR count). The number of ether oxygens (including phenoxy) is 2. The first-order valence-corrected chi connectivity index (χ1v) is 7.06. The van der Waals surface area contributed by atoms with E-state index in [0.717, 1.165) is 30.5 Å². The summed E-state index contributed by atoms with van der Waals surface area (Å²) in [6.07, 6.45) is 2.72. The van der Waals surface area contributed by atoms with Crippen LogP contribution in [0, 0.1) is 5.92 Å². The van der Waals surface area contributed by atoms with E-state index in [1.165, 1.54) is 12.8 Å². The van der Waals surface area contributed by atoms with E-state index in [-0.39, 0.29) is 6.10 Å². The zero-order chi connectivity index (χ0) is 13.2. The molecule has 1 aromatic rings. The van der Waals surface area contributed by atoms with Gasteiger partial charge >= 0.3 is 0 Å². The molecule has 4 heteroatoms. The van der Waals surface area contributed by atoms with Crippen molar-refractivity contribution in [2.45, 2.75) is 25.0 Å². The van der Waals surface area contributed by atoms with Crippen molar-refractivity contribution in [1.82, 2.24) is 4.90 Å². The molecule has 2 atom stereocenters. The van der Waals surface area contributed by atoms with Crippen LogP contribution in [-0.2, 0) is 0 Å². The van der Waals surface area contributed by atoms with Crippen molar-refractivity contribution in [2.75, 3.05) is 26.7 Å². The van der Waals surface area contributed by atoms with Gasteiger partial charge in [0.25, 0.3) is 0 Å². The van der Waals surface area contributed by atoms with Crippen LogP contribution in [0.1, 0.15) is 12.8 Å². The Morgan fingerprint density at radius 1 is 1.32 bits per heavy atom. The Hall–Kier alpha value is -1.26. The Balaban J connectivity index is 1.59. The van der Waals surface area contributed by atoms with Gasteiger partial charge in [-0.25, -0.2) is 0 Å². The van der Waals surface area contributed by atoms with Crippen LogP contribution in [0.5, 0.6) is 11.5 Å². The fourth-order valence-electron chi connectivity index (χ4n) is 2.82. The second kappa shape index (κ2) is 5.39. The molecule has 0 amide bonds. The topological polar surface area (TPSA) is 47.7 Å². The lowest BCUT2D eigenvalue weighted by Crippen LogP contribution is -2.47.